The van der Waals surface area contributed by atoms with Gasteiger partial charge in [0.15, 0.2) is 18.1 Å². The van der Waals surface area contributed by atoms with E-state index in [0.717, 1.165) is 42.4 Å². The summed E-state index contributed by atoms with van der Waals surface area (Å²) < 4.78 is 22.8. The molecule has 7 heteroatoms. The van der Waals surface area contributed by atoms with Crippen molar-refractivity contribution in [2.24, 2.45) is 0 Å². The number of benzene rings is 2. The van der Waals surface area contributed by atoms with Gasteiger partial charge in [0.2, 0.25) is 5.75 Å². The van der Waals surface area contributed by atoms with Gasteiger partial charge in [-0.25, -0.2) is 4.79 Å². The Morgan fingerprint density at radius 1 is 1.06 bits per heavy atom. The molecule has 4 rings (SSSR count). The maximum absolute atomic E-state index is 12.4. The summed E-state index contributed by atoms with van der Waals surface area (Å²) in [7, 11) is 1.56. The fourth-order valence-electron chi connectivity index (χ4n) is 4.11. The molecule has 2 aliphatic rings. The van der Waals surface area contributed by atoms with Crippen molar-refractivity contribution >= 4 is 11.9 Å². The SMILES string of the molecule is CCOc1c(OC)ccc(-c2ccc3c(c2)CNC3=O)c1OCC(=O)OC1CCCC1. The topological polar surface area (TPSA) is 83.1 Å². The van der Waals surface area contributed by atoms with Crippen molar-refractivity contribution in [3.63, 3.8) is 0 Å². The monoisotopic (exact) mass is 425 g/mol. The molecule has 7 nitrogen and oxygen atoms in total. The van der Waals surface area contributed by atoms with Gasteiger partial charge in [0.1, 0.15) is 6.10 Å². The summed E-state index contributed by atoms with van der Waals surface area (Å²) in [4.78, 5) is 24.3. The van der Waals surface area contributed by atoms with Crippen LogP contribution in [-0.4, -0.2) is 38.3 Å². The molecule has 1 saturated carbocycles. The van der Waals surface area contributed by atoms with Crippen molar-refractivity contribution in [1.29, 1.82) is 0 Å². The first-order valence-corrected chi connectivity index (χ1v) is 10.7. The number of hydrogen-bond donors (Lipinski definition) is 1. The molecule has 31 heavy (non-hydrogen) atoms. The molecule has 1 amide bonds. The van der Waals surface area contributed by atoms with E-state index in [2.05, 4.69) is 5.32 Å². The van der Waals surface area contributed by atoms with Gasteiger partial charge < -0.3 is 24.3 Å². The Morgan fingerprint density at radius 3 is 2.58 bits per heavy atom. The van der Waals surface area contributed by atoms with Gasteiger partial charge in [-0.15, -0.1) is 0 Å². The number of fused-ring (bicyclic) bond motifs is 1. The lowest BCUT2D eigenvalue weighted by molar-refractivity contribution is -0.151. The number of nitrogens with one attached hydrogen (secondary N) is 1. The van der Waals surface area contributed by atoms with Crippen LogP contribution >= 0.6 is 0 Å². The average Bonchev–Trinajstić information content (AvgIpc) is 3.42. The molecular formula is C24H27NO6. The highest BCUT2D eigenvalue weighted by Gasteiger charge is 2.24. The number of rotatable bonds is 8. The number of carbonyl (C=O) groups is 2. The second-order valence-electron chi connectivity index (χ2n) is 7.65. The van der Waals surface area contributed by atoms with Crippen LogP contribution in [0.25, 0.3) is 11.1 Å². The Bertz CT molecular complexity index is 980. The van der Waals surface area contributed by atoms with Crippen molar-refractivity contribution in [2.45, 2.75) is 45.3 Å². The highest BCUT2D eigenvalue weighted by Crippen LogP contribution is 2.45. The zero-order valence-electron chi connectivity index (χ0n) is 17.9. The van der Waals surface area contributed by atoms with Gasteiger partial charge in [0, 0.05) is 17.7 Å². The van der Waals surface area contributed by atoms with Crippen molar-refractivity contribution < 1.29 is 28.5 Å². The van der Waals surface area contributed by atoms with Crippen molar-refractivity contribution in [3.05, 3.63) is 41.5 Å². The minimum atomic E-state index is -0.396. The molecule has 1 N–H and O–H groups in total. The molecule has 1 aliphatic carbocycles. The van der Waals surface area contributed by atoms with E-state index in [4.69, 9.17) is 18.9 Å². The molecule has 0 atom stereocenters. The van der Waals surface area contributed by atoms with E-state index in [1.807, 2.05) is 25.1 Å². The molecule has 2 aromatic rings. The zero-order chi connectivity index (χ0) is 21.8. The first-order valence-electron chi connectivity index (χ1n) is 10.7. The van der Waals surface area contributed by atoms with E-state index in [9.17, 15) is 9.59 Å². The van der Waals surface area contributed by atoms with Crippen molar-refractivity contribution in [2.75, 3.05) is 20.3 Å². The molecule has 164 valence electrons. The summed E-state index contributed by atoms with van der Waals surface area (Å²) in [6.07, 6.45) is 3.96. The molecule has 0 spiro atoms. The number of hydrogen-bond acceptors (Lipinski definition) is 6. The van der Waals surface area contributed by atoms with Crippen LogP contribution in [0.1, 0.15) is 48.5 Å². The summed E-state index contributed by atoms with van der Waals surface area (Å²) in [5.41, 5.74) is 3.20. The Balaban J connectivity index is 1.65. The Labute approximate surface area is 181 Å². The standard InChI is InChI=1S/C24H27NO6/c1-3-29-23-20(28-2)11-10-18(15-8-9-19-16(12-15)13-25-24(19)27)22(23)30-14-21(26)31-17-6-4-5-7-17/h8-12,17H,3-7,13-14H2,1-2H3,(H,25,27). The predicted molar refractivity (Wildman–Crippen MR) is 115 cm³/mol. The third-order valence-electron chi connectivity index (χ3n) is 5.62. The number of carbonyl (C=O) groups excluding carboxylic acids is 2. The van der Waals surface area contributed by atoms with E-state index in [-0.39, 0.29) is 18.6 Å². The highest BCUT2D eigenvalue weighted by atomic mass is 16.6. The molecule has 0 unspecified atom stereocenters. The lowest BCUT2D eigenvalue weighted by Gasteiger charge is -2.19. The van der Waals surface area contributed by atoms with Gasteiger partial charge in [-0.3, -0.25) is 4.79 Å². The maximum Gasteiger partial charge on any atom is 0.344 e. The number of ether oxygens (including phenoxy) is 4. The lowest BCUT2D eigenvalue weighted by Crippen LogP contribution is -2.21. The molecule has 0 saturated heterocycles. The summed E-state index contributed by atoms with van der Waals surface area (Å²) >= 11 is 0. The molecule has 0 aromatic heterocycles. The van der Waals surface area contributed by atoms with Crippen LogP contribution < -0.4 is 19.5 Å². The lowest BCUT2D eigenvalue weighted by atomic mass is 9.99. The Kier molecular flexibility index (Phi) is 6.30. The highest BCUT2D eigenvalue weighted by molar-refractivity contribution is 5.99. The minimum Gasteiger partial charge on any atom is -0.493 e. The third kappa shape index (κ3) is 4.45. The molecule has 0 radical (unpaired) electrons. The first-order chi connectivity index (χ1) is 15.1. The van der Waals surface area contributed by atoms with Crippen LogP contribution in [0.4, 0.5) is 0 Å². The average molecular weight is 425 g/mol. The van der Waals surface area contributed by atoms with Gasteiger partial charge in [0.25, 0.3) is 5.91 Å². The van der Waals surface area contributed by atoms with Crippen molar-refractivity contribution in [3.8, 4) is 28.4 Å². The fraction of sp³-hybridized carbons (Fsp3) is 0.417. The van der Waals surface area contributed by atoms with Crippen LogP contribution in [0.3, 0.4) is 0 Å². The quantitative estimate of drug-likeness (QED) is 0.647. The third-order valence-corrected chi connectivity index (χ3v) is 5.62. The van der Waals surface area contributed by atoms with E-state index in [1.54, 1.807) is 19.2 Å². The molecule has 2 aromatic carbocycles. The van der Waals surface area contributed by atoms with Gasteiger partial charge in [-0.05, 0) is 68.0 Å². The second kappa shape index (κ2) is 9.29. The number of esters is 1. The Hall–Kier alpha value is -3.22. The maximum atomic E-state index is 12.4. The van der Waals surface area contributed by atoms with Gasteiger partial charge >= 0.3 is 5.97 Å². The summed E-state index contributed by atoms with van der Waals surface area (Å²) in [6, 6.07) is 9.29. The minimum absolute atomic E-state index is 0.0195. The fourth-order valence-corrected chi connectivity index (χ4v) is 4.11. The largest absolute Gasteiger partial charge is 0.493 e. The molecule has 1 heterocycles. The molecule has 1 aliphatic heterocycles. The zero-order valence-corrected chi connectivity index (χ0v) is 17.9. The predicted octanol–water partition coefficient (Wildman–Crippen LogP) is 3.87. The van der Waals surface area contributed by atoms with Crippen LogP contribution in [-0.2, 0) is 16.1 Å². The second-order valence-corrected chi connectivity index (χ2v) is 7.65. The van der Waals surface area contributed by atoms with E-state index in [1.165, 1.54) is 0 Å². The summed E-state index contributed by atoms with van der Waals surface area (Å²) in [6.45, 7) is 2.55. The van der Waals surface area contributed by atoms with Gasteiger partial charge in [-0.2, -0.15) is 0 Å². The summed E-state index contributed by atoms with van der Waals surface area (Å²) in [5.74, 6) is 0.903. The smallest absolute Gasteiger partial charge is 0.344 e. The Morgan fingerprint density at radius 2 is 1.84 bits per heavy atom. The number of methoxy groups -OCH3 is 1. The first kappa shape index (κ1) is 21.0. The van der Waals surface area contributed by atoms with Crippen molar-refractivity contribution in [1.82, 2.24) is 5.32 Å². The molecule has 0 bridgehead atoms. The van der Waals surface area contributed by atoms with Crippen LogP contribution in [0.15, 0.2) is 30.3 Å². The normalized spacial score (nSPS) is 15.4. The van der Waals surface area contributed by atoms with Crippen LogP contribution in [0.2, 0.25) is 0 Å². The van der Waals surface area contributed by atoms with Gasteiger partial charge in [0.05, 0.1) is 13.7 Å². The van der Waals surface area contributed by atoms with Gasteiger partial charge in [-0.1, -0.05) is 6.07 Å². The van der Waals surface area contributed by atoms with E-state index >= 15 is 0 Å². The van der Waals surface area contributed by atoms with Crippen LogP contribution in [0, 0.1) is 0 Å². The van der Waals surface area contributed by atoms with Crippen LogP contribution in [0.5, 0.6) is 17.2 Å². The number of amides is 1. The van der Waals surface area contributed by atoms with E-state index < -0.39 is 5.97 Å². The molecule has 1 fully saturated rings. The summed E-state index contributed by atoms with van der Waals surface area (Å²) in [5, 5.41) is 2.83. The van der Waals surface area contributed by atoms with E-state index in [0.29, 0.717) is 36.0 Å². The molecular weight excluding hydrogens is 398 g/mol.